The summed E-state index contributed by atoms with van der Waals surface area (Å²) in [6, 6.07) is 3.02. The van der Waals surface area contributed by atoms with Crippen molar-refractivity contribution < 1.29 is 33.3 Å². The van der Waals surface area contributed by atoms with Crippen LogP contribution in [0.5, 0.6) is 17.2 Å². The number of nitrogens with zero attached hydrogens (tertiary/aromatic N) is 2. The average Bonchev–Trinajstić information content (AvgIpc) is 3.38. The smallest absolute Gasteiger partial charge is 0.307 e. The number of hydrogen-bond acceptors (Lipinski definition) is 9. The third kappa shape index (κ3) is 6.26. The largest absolute Gasteiger partial charge is 0.493 e. The van der Waals surface area contributed by atoms with E-state index >= 15 is 0 Å². The Morgan fingerprint density at radius 1 is 1.11 bits per heavy atom. The summed E-state index contributed by atoms with van der Waals surface area (Å²) in [7, 11) is 4.53. The van der Waals surface area contributed by atoms with Gasteiger partial charge in [0.25, 0.3) is 11.8 Å². The number of aromatic nitrogens is 1. The number of rotatable bonds is 10. The van der Waals surface area contributed by atoms with E-state index in [9.17, 15) is 14.4 Å². The maximum Gasteiger partial charge on any atom is 0.307 e. The third-order valence-electron chi connectivity index (χ3n) is 5.98. The number of nitrogens with one attached hydrogen (secondary N) is 1. The average molecular weight is 520 g/mol. The van der Waals surface area contributed by atoms with Gasteiger partial charge in [0.1, 0.15) is 5.69 Å². The van der Waals surface area contributed by atoms with E-state index in [1.165, 1.54) is 32.7 Å². The molecule has 0 bridgehead atoms. The first-order valence-electron chi connectivity index (χ1n) is 11.8. The number of thiazole rings is 1. The number of likely N-dealkylation sites (tertiary alicyclic amines) is 1. The van der Waals surface area contributed by atoms with Crippen LogP contribution in [0.2, 0.25) is 0 Å². The lowest BCUT2D eigenvalue weighted by atomic mass is 9.97. The number of carbonyl (C=O) groups is 3. The summed E-state index contributed by atoms with van der Waals surface area (Å²) in [5.74, 6) is 0.566. The zero-order valence-corrected chi connectivity index (χ0v) is 22.1. The fraction of sp³-hybridized carbons (Fsp3) is 0.520. The van der Waals surface area contributed by atoms with Crippen LogP contribution in [0.4, 0.5) is 0 Å². The van der Waals surface area contributed by atoms with E-state index in [1.54, 1.807) is 36.3 Å². The molecule has 1 fully saturated rings. The maximum absolute atomic E-state index is 13.3. The molecule has 1 atom stereocenters. The summed E-state index contributed by atoms with van der Waals surface area (Å²) >= 11 is 1.44. The van der Waals surface area contributed by atoms with E-state index in [0.29, 0.717) is 48.2 Å². The molecule has 2 amide bonds. The minimum atomic E-state index is -0.357. The summed E-state index contributed by atoms with van der Waals surface area (Å²) < 4.78 is 21.1. The molecular formula is C25H33N3O7S. The van der Waals surface area contributed by atoms with Gasteiger partial charge in [-0.2, -0.15) is 0 Å². The van der Waals surface area contributed by atoms with Crippen molar-refractivity contribution in [3.63, 3.8) is 0 Å². The Labute approximate surface area is 214 Å². The van der Waals surface area contributed by atoms with Crippen LogP contribution < -0.4 is 19.5 Å². The van der Waals surface area contributed by atoms with Gasteiger partial charge < -0.3 is 29.2 Å². The molecule has 0 aliphatic carbocycles. The first-order valence-corrected chi connectivity index (χ1v) is 12.7. The normalized spacial score (nSPS) is 14.6. The third-order valence-corrected chi connectivity index (χ3v) is 6.98. The maximum atomic E-state index is 13.3. The van der Waals surface area contributed by atoms with E-state index in [4.69, 9.17) is 18.9 Å². The van der Waals surface area contributed by atoms with Crippen molar-refractivity contribution in [2.24, 2.45) is 0 Å². The quantitative estimate of drug-likeness (QED) is 0.476. The molecule has 1 unspecified atom stereocenters. The van der Waals surface area contributed by atoms with Gasteiger partial charge in [0.2, 0.25) is 5.75 Å². The van der Waals surface area contributed by atoms with Gasteiger partial charge in [-0.1, -0.05) is 0 Å². The SMILES string of the molecule is CCOC(=O)CC(C)NC(=O)c1csc(C2CCN(C(=O)c3ccc(OC)c(OC)c3OC)CC2)n1. The molecule has 1 aromatic carbocycles. The highest BCUT2D eigenvalue weighted by atomic mass is 32.1. The zero-order valence-electron chi connectivity index (χ0n) is 21.3. The van der Waals surface area contributed by atoms with E-state index in [-0.39, 0.29) is 36.2 Å². The van der Waals surface area contributed by atoms with E-state index in [1.807, 2.05) is 0 Å². The van der Waals surface area contributed by atoms with Crippen LogP contribution >= 0.6 is 11.3 Å². The van der Waals surface area contributed by atoms with Gasteiger partial charge in [-0.15, -0.1) is 11.3 Å². The summed E-state index contributed by atoms with van der Waals surface area (Å²) in [6.07, 6.45) is 1.57. The number of hydrogen-bond donors (Lipinski definition) is 1. The van der Waals surface area contributed by atoms with Gasteiger partial charge >= 0.3 is 5.97 Å². The predicted molar refractivity (Wildman–Crippen MR) is 134 cm³/mol. The van der Waals surface area contributed by atoms with Crippen LogP contribution in [0.3, 0.4) is 0 Å². The molecule has 11 heteroatoms. The molecule has 1 N–H and O–H groups in total. The highest BCUT2D eigenvalue weighted by Crippen LogP contribution is 2.40. The zero-order chi connectivity index (χ0) is 26.2. The highest BCUT2D eigenvalue weighted by Gasteiger charge is 2.30. The lowest BCUT2D eigenvalue weighted by Crippen LogP contribution is -2.38. The Hall–Kier alpha value is -3.34. The van der Waals surface area contributed by atoms with Crippen molar-refractivity contribution in [1.29, 1.82) is 0 Å². The minimum absolute atomic E-state index is 0.105. The van der Waals surface area contributed by atoms with Crippen LogP contribution in [-0.4, -0.2) is 74.7 Å². The predicted octanol–water partition coefficient (Wildman–Crippen LogP) is 3.26. The number of esters is 1. The van der Waals surface area contributed by atoms with Gasteiger partial charge in [0.05, 0.1) is 44.9 Å². The monoisotopic (exact) mass is 519 g/mol. The Kier molecular flexibility index (Phi) is 9.51. The molecule has 10 nitrogen and oxygen atoms in total. The lowest BCUT2D eigenvalue weighted by Gasteiger charge is -2.31. The van der Waals surface area contributed by atoms with Gasteiger partial charge in [-0.3, -0.25) is 14.4 Å². The number of piperidine rings is 1. The van der Waals surface area contributed by atoms with Crippen molar-refractivity contribution in [2.45, 2.75) is 45.1 Å². The Balaban J connectivity index is 1.60. The number of carbonyl (C=O) groups excluding carboxylic acids is 3. The molecule has 0 saturated carbocycles. The van der Waals surface area contributed by atoms with Crippen molar-refractivity contribution in [1.82, 2.24) is 15.2 Å². The number of benzene rings is 1. The molecule has 1 aromatic heterocycles. The van der Waals surface area contributed by atoms with E-state index in [2.05, 4.69) is 10.3 Å². The second kappa shape index (κ2) is 12.6. The lowest BCUT2D eigenvalue weighted by molar-refractivity contribution is -0.143. The summed E-state index contributed by atoms with van der Waals surface area (Å²) in [6.45, 7) is 4.91. The Morgan fingerprint density at radius 3 is 2.42 bits per heavy atom. The van der Waals surface area contributed by atoms with Gasteiger partial charge in [-0.05, 0) is 38.8 Å². The first-order chi connectivity index (χ1) is 17.3. The van der Waals surface area contributed by atoms with Crippen molar-refractivity contribution in [2.75, 3.05) is 41.0 Å². The highest BCUT2D eigenvalue weighted by molar-refractivity contribution is 7.09. The Morgan fingerprint density at radius 2 is 1.81 bits per heavy atom. The second-order valence-electron chi connectivity index (χ2n) is 8.40. The first kappa shape index (κ1) is 27.3. The second-order valence-corrected chi connectivity index (χ2v) is 9.29. The number of ether oxygens (including phenoxy) is 4. The van der Waals surface area contributed by atoms with Crippen LogP contribution in [0, 0.1) is 0 Å². The van der Waals surface area contributed by atoms with Crippen molar-refractivity contribution in [3.8, 4) is 17.2 Å². The molecule has 1 saturated heterocycles. The number of amides is 2. The Bertz CT molecular complexity index is 1080. The summed E-state index contributed by atoms with van der Waals surface area (Å²) in [5, 5.41) is 5.39. The van der Waals surface area contributed by atoms with Gasteiger partial charge in [-0.25, -0.2) is 4.98 Å². The molecule has 2 heterocycles. The van der Waals surface area contributed by atoms with E-state index < -0.39 is 0 Å². The van der Waals surface area contributed by atoms with Crippen LogP contribution in [0.1, 0.15) is 64.9 Å². The van der Waals surface area contributed by atoms with E-state index in [0.717, 1.165) is 17.8 Å². The summed E-state index contributed by atoms with van der Waals surface area (Å²) in [4.78, 5) is 43.7. The standard InChI is InChI=1S/C25H33N3O7S/c1-6-35-20(29)13-15(2)26-23(30)18-14-36-24(27-18)16-9-11-28(12-10-16)25(31)17-7-8-19(32-3)22(34-5)21(17)33-4/h7-8,14-16H,6,9-13H2,1-5H3,(H,26,30). The molecule has 0 radical (unpaired) electrons. The molecule has 1 aliphatic rings. The minimum Gasteiger partial charge on any atom is -0.493 e. The molecule has 1 aliphatic heterocycles. The van der Waals surface area contributed by atoms with Crippen LogP contribution in [0.15, 0.2) is 17.5 Å². The fourth-order valence-corrected chi connectivity index (χ4v) is 5.14. The van der Waals surface area contributed by atoms with Gasteiger partial charge in [0, 0.05) is 30.4 Å². The molecule has 36 heavy (non-hydrogen) atoms. The van der Waals surface area contributed by atoms with Gasteiger partial charge in [0.15, 0.2) is 11.5 Å². The van der Waals surface area contributed by atoms with Crippen LogP contribution in [0.25, 0.3) is 0 Å². The molecular weight excluding hydrogens is 486 g/mol. The molecule has 0 spiro atoms. The van der Waals surface area contributed by atoms with Crippen LogP contribution in [-0.2, 0) is 9.53 Å². The fourth-order valence-electron chi connectivity index (χ4n) is 4.17. The van der Waals surface area contributed by atoms with Crippen molar-refractivity contribution in [3.05, 3.63) is 33.8 Å². The topological polar surface area (TPSA) is 116 Å². The summed E-state index contributed by atoms with van der Waals surface area (Å²) in [5.41, 5.74) is 0.748. The molecule has 3 rings (SSSR count). The molecule has 196 valence electrons. The number of methoxy groups -OCH3 is 3. The van der Waals surface area contributed by atoms with Crippen molar-refractivity contribution >= 4 is 29.1 Å². The molecule has 2 aromatic rings.